The molecule has 0 saturated heterocycles. The Morgan fingerprint density at radius 2 is 1.70 bits per heavy atom. The fraction of sp³-hybridized carbons (Fsp3) is 0.545. The average Bonchev–Trinajstić information content (AvgIpc) is 2.68. The molecule has 0 N–H and O–H groups in total. The van der Waals surface area contributed by atoms with Gasteiger partial charge in [0.15, 0.2) is 24.1 Å². The fourth-order valence-electron chi connectivity index (χ4n) is 2.68. The Labute approximate surface area is 191 Å². The van der Waals surface area contributed by atoms with E-state index in [2.05, 4.69) is 9.47 Å². The molecule has 1 aliphatic heterocycles. The number of hydrogen-bond donors (Lipinski definition) is 0. The van der Waals surface area contributed by atoms with Crippen molar-refractivity contribution in [1.82, 2.24) is 0 Å². The minimum atomic E-state index is -1.89. The number of Topliss-reactive ketones (excluding diaryl/α,β-unsaturated/α-hetero) is 2. The monoisotopic (exact) mass is 468 g/mol. The lowest BCUT2D eigenvalue weighted by Crippen LogP contribution is -2.38. The Hall–Kier alpha value is -3.50. The Morgan fingerprint density at radius 3 is 2.27 bits per heavy atom. The van der Waals surface area contributed by atoms with E-state index in [1.54, 1.807) is 6.92 Å². The summed E-state index contributed by atoms with van der Waals surface area (Å²) in [5.74, 6) is -8.24. The zero-order valence-electron chi connectivity index (χ0n) is 19.3. The molecule has 0 bridgehead atoms. The molecular weight excluding hydrogens is 440 g/mol. The lowest BCUT2D eigenvalue weighted by atomic mass is 9.96. The minimum Gasteiger partial charge on any atom is -0.469 e. The summed E-state index contributed by atoms with van der Waals surface area (Å²) in [5.41, 5.74) is 0.726. The molecule has 0 spiro atoms. The molecule has 0 aromatic carbocycles. The molecule has 0 fully saturated rings. The van der Waals surface area contributed by atoms with E-state index >= 15 is 0 Å². The lowest BCUT2D eigenvalue weighted by molar-refractivity contribution is -0.205. The van der Waals surface area contributed by atoms with Crippen LogP contribution in [-0.4, -0.2) is 61.6 Å². The van der Waals surface area contributed by atoms with Crippen LogP contribution in [0.1, 0.15) is 47.0 Å². The van der Waals surface area contributed by atoms with Gasteiger partial charge >= 0.3 is 23.9 Å². The van der Waals surface area contributed by atoms with Crippen LogP contribution in [0.5, 0.6) is 0 Å². The van der Waals surface area contributed by atoms with E-state index in [0.29, 0.717) is 6.42 Å². The van der Waals surface area contributed by atoms with Gasteiger partial charge in [-0.3, -0.25) is 24.0 Å². The third kappa shape index (κ3) is 10.1. The molecule has 0 saturated carbocycles. The molecular formula is C22H28O11. The predicted octanol–water partition coefficient (Wildman–Crippen LogP) is 1.33. The van der Waals surface area contributed by atoms with Crippen LogP contribution in [0.15, 0.2) is 23.5 Å². The number of ether oxygens (including phenoxy) is 5. The summed E-state index contributed by atoms with van der Waals surface area (Å²) in [6, 6.07) is 0. The van der Waals surface area contributed by atoms with E-state index in [4.69, 9.17) is 14.2 Å². The number of carbonyl (C=O) groups excluding carboxylic acids is 6. The number of esters is 4. The summed E-state index contributed by atoms with van der Waals surface area (Å²) in [6.07, 6.45) is 2.41. The maximum absolute atomic E-state index is 12.8. The summed E-state index contributed by atoms with van der Waals surface area (Å²) >= 11 is 0. The van der Waals surface area contributed by atoms with Crippen molar-refractivity contribution in [2.24, 2.45) is 5.92 Å². The minimum absolute atomic E-state index is 0.0853. The van der Waals surface area contributed by atoms with Crippen molar-refractivity contribution in [1.29, 1.82) is 0 Å². The highest BCUT2D eigenvalue weighted by atomic mass is 16.7. The van der Waals surface area contributed by atoms with Crippen LogP contribution in [-0.2, 0) is 52.5 Å². The van der Waals surface area contributed by atoms with Crippen molar-refractivity contribution in [3.63, 3.8) is 0 Å². The van der Waals surface area contributed by atoms with Gasteiger partial charge in [0.1, 0.15) is 12.4 Å². The van der Waals surface area contributed by atoms with Crippen LogP contribution in [0.2, 0.25) is 0 Å². The highest BCUT2D eigenvalue weighted by molar-refractivity contribution is 6.18. The third-order valence-electron chi connectivity index (χ3n) is 4.26. The zero-order chi connectivity index (χ0) is 25.2. The SMILES string of the molecule is COC(=O)CC/C(C)=C/COC(=O)C(C(=O)COC(C)=O)C(=O)CC1=CC(=O)OC(C)(C)O1. The Kier molecular flexibility index (Phi) is 10.4. The number of methoxy groups -OCH3 is 1. The first-order valence-corrected chi connectivity index (χ1v) is 10.0. The van der Waals surface area contributed by atoms with Crippen molar-refractivity contribution in [2.75, 3.05) is 20.3 Å². The maximum atomic E-state index is 12.8. The molecule has 0 radical (unpaired) electrons. The van der Waals surface area contributed by atoms with Gasteiger partial charge in [-0.2, -0.15) is 0 Å². The predicted molar refractivity (Wildman–Crippen MR) is 110 cm³/mol. The van der Waals surface area contributed by atoms with Crippen molar-refractivity contribution in [2.45, 2.75) is 52.7 Å². The van der Waals surface area contributed by atoms with E-state index in [1.807, 2.05) is 0 Å². The van der Waals surface area contributed by atoms with Crippen LogP contribution in [0.3, 0.4) is 0 Å². The third-order valence-corrected chi connectivity index (χ3v) is 4.26. The summed E-state index contributed by atoms with van der Waals surface area (Å²) < 4.78 is 24.5. The Balaban J connectivity index is 2.88. The Morgan fingerprint density at radius 1 is 1.03 bits per heavy atom. The van der Waals surface area contributed by atoms with Crippen molar-refractivity contribution < 1.29 is 52.5 Å². The van der Waals surface area contributed by atoms with Gasteiger partial charge in [-0.15, -0.1) is 0 Å². The second-order valence-corrected chi connectivity index (χ2v) is 7.61. The molecule has 1 atom stereocenters. The van der Waals surface area contributed by atoms with Gasteiger partial charge in [0, 0.05) is 27.2 Å². The number of allylic oxidation sites excluding steroid dienone is 2. The first-order valence-electron chi connectivity index (χ1n) is 10.0. The number of ketones is 2. The smallest absolute Gasteiger partial charge is 0.337 e. The van der Waals surface area contributed by atoms with Gasteiger partial charge in [0.2, 0.25) is 5.79 Å². The zero-order valence-corrected chi connectivity index (χ0v) is 19.3. The summed E-state index contributed by atoms with van der Waals surface area (Å²) in [5, 5.41) is 0. The first kappa shape index (κ1) is 27.5. The van der Waals surface area contributed by atoms with Crippen LogP contribution in [0.25, 0.3) is 0 Å². The molecule has 1 aliphatic rings. The number of hydrogen-bond acceptors (Lipinski definition) is 11. The second-order valence-electron chi connectivity index (χ2n) is 7.61. The van der Waals surface area contributed by atoms with Gasteiger partial charge < -0.3 is 23.7 Å². The molecule has 0 aromatic rings. The maximum Gasteiger partial charge on any atom is 0.337 e. The summed E-state index contributed by atoms with van der Waals surface area (Å²) in [4.78, 5) is 71.6. The molecule has 182 valence electrons. The molecule has 11 heteroatoms. The molecule has 0 aliphatic carbocycles. The van der Waals surface area contributed by atoms with E-state index in [-0.39, 0.29) is 18.8 Å². The van der Waals surface area contributed by atoms with Crippen LogP contribution >= 0.6 is 0 Å². The molecule has 33 heavy (non-hydrogen) atoms. The van der Waals surface area contributed by atoms with E-state index in [0.717, 1.165) is 18.6 Å². The highest BCUT2D eigenvalue weighted by Gasteiger charge is 2.38. The number of rotatable bonds is 12. The van der Waals surface area contributed by atoms with Gasteiger partial charge in [0.25, 0.3) is 0 Å². The molecule has 11 nitrogen and oxygen atoms in total. The van der Waals surface area contributed by atoms with E-state index in [9.17, 15) is 28.8 Å². The second kappa shape index (κ2) is 12.5. The van der Waals surface area contributed by atoms with Crippen LogP contribution < -0.4 is 0 Å². The number of carbonyl (C=O) groups is 6. The lowest BCUT2D eigenvalue weighted by Gasteiger charge is -2.30. The molecule has 0 amide bonds. The van der Waals surface area contributed by atoms with Crippen LogP contribution in [0, 0.1) is 5.92 Å². The van der Waals surface area contributed by atoms with Gasteiger partial charge in [0.05, 0.1) is 19.6 Å². The van der Waals surface area contributed by atoms with E-state index in [1.165, 1.54) is 27.0 Å². The van der Waals surface area contributed by atoms with Crippen molar-refractivity contribution in [3.05, 3.63) is 23.5 Å². The fourth-order valence-corrected chi connectivity index (χ4v) is 2.68. The largest absolute Gasteiger partial charge is 0.469 e. The Bertz CT molecular complexity index is 864. The first-order chi connectivity index (χ1) is 15.3. The summed E-state index contributed by atoms with van der Waals surface area (Å²) in [6.45, 7) is 4.62. The summed E-state index contributed by atoms with van der Waals surface area (Å²) in [7, 11) is 1.27. The normalized spacial score (nSPS) is 15.8. The quantitative estimate of drug-likeness (QED) is 0.177. The highest BCUT2D eigenvalue weighted by Crippen LogP contribution is 2.25. The van der Waals surface area contributed by atoms with Gasteiger partial charge in [-0.05, 0) is 19.4 Å². The molecule has 1 heterocycles. The van der Waals surface area contributed by atoms with E-state index < -0.39 is 60.2 Å². The van der Waals surface area contributed by atoms with Gasteiger partial charge in [-0.25, -0.2) is 4.79 Å². The molecule has 0 aromatic heterocycles. The average molecular weight is 468 g/mol. The molecule has 1 rings (SSSR count). The topological polar surface area (TPSA) is 149 Å². The molecule has 1 unspecified atom stereocenters. The van der Waals surface area contributed by atoms with Gasteiger partial charge in [-0.1, -0.05) is 5.57 Å². The van der Waals surface area contributed by atoms with Crippen molar-refractivity contribution >= 4 is 35.4 Å². The number of cyclic esters (lactones) is 1. The van der Waals surface area contributed by atoms with Crippen LogP contribution in [0.4, 0.5) is 0 Å². The standard InChI is InChI=1S/C22H28O11/c1-13(6-7-18(26)29-5)8-9-30-21(28)20(17(25)12-31-14(2)23)16(24)10-15-11-19(27)33-22(3,4)32-15/h8,11,20H,6-7,9-10,12H2,1-5H3/b13-8+. The van der Waals surface area contributed by atoms with Crippen molar-refractivity contribution in [3.8, 4) is 0 Å².